The number of hydrogen-bond acceptors (Lipinski definition) is 8. The molecule has 4 atom stereocenters. The Morgan fingerprint density at radius 1 is 0.936 bits per heavy atom. The van der Waals surface area contributed by atoms with E-state index in [1.165, 1.54) is 35.7 Å². The fourth-order valence-corrected chi connectivity index (χ4v) is 11.5. The monoisotopic (exact) mass is 704 g/mol. The lowest BCUT2D eigenvalue weighted by atomic mass is 9.60. The van der Waals surface area contributed by atoms with Crippen LogP contribution in [0.25, 0.3) is 0 Å². The van der Waals surface area contributed by atoms with E-state index in [2.05, 4.69) is 33.9 Å². The molecule has 0 bridgehead atoms. The minimum atomic E-state index is -4.21. The van der Waals surface area contributed by atoms with Crippen molar-refractivity contribution in [3.8, 4) is 0 Å². The van der Waals surface area contributed by atoms with Gasteiger partial charge in [-0.25, -0.2) is 21.1 Å². The van der Waals surface area contributed by atoms with E-state index in [1.807, 2.05) is 6.08 Å². The van der Waals surface area contributed by atoms with Gasteiger partial charge in [0, 0.05) is 20.1 Å². The summed E-state index contributed by atoms with van der Waals surface area (Å²) in [5, 5.41) is -0.0764. The number of carbonyl (C=O) groups is 1. The van der Waals surface area contributed by atoms with E-state index in [0.29, 0.717) is 12.8 Å². The van der Waals surface area contributed by atoms with Crippen molar-refractivity contribution in [3.05, 3.63) is 72.5 Å². The Kier molecular flexibility index (Phi) is 9.43. The third-order valence-electron chi connectivity index (χ3n) is 10.5. The normalized spacial score (nSPS) is 27.3. The largest absolute Gasteiger partial charge is 0.547 e. The number of allylic oxidation sites excluding steroid dienone is 1. The first-order chi connectivity index (χ1) is 21.8. The fourth-order valence-electron chi connectivity index (χ4n) is 7.05. The molecule has 2 fully saturated rings. The van der Waals surface area contributed by atoms with Crippen LogP contribution in [-0.4, -0.2) is 77.8 Å². The first-order valence-electron chi connectivity index (χ1n) is 16.1. The van der Waals surface area contributed by atoms with Crippen LogP contribution in [0.3, 0.4) is 0 Å². The Bertz CT molecular complexity index is 1720. The van der Waals surface area contributed by atoms with E-state index in [-0.39, 0.29) is 40.3 Å². The smallest absolute Gasteiger partial charge is 0.266 e. The lowest BCUT2D eigenvalue weighted by Crippen LogP contribution is -2.63. The molecule has 2 aliphatic heterocycles. The molecular weight excluding hydrogens is 657 g/mol. The highest BCUT2D eigenvalue weighted by molar-refractivity contribution is 7.89. The van der Waals surface area contributed by atoms with Gasteiger partial charge >= 0.3 is 0 Å². The van der Waals surface area contributed by atoms with Crippen molar-refractivity contribution >= 4 is 34.3 Å². The second-order valence-electron chi connectivity index (χ2n) is 14.8. The molecule has 258 valence electrons. The van der Waals surface area contributed by atoms with Gasteiger partial charge in [0.25, 0.3) is 10.0 Å². The summed E-state index contributed by atoms with van der Waals surface area (Å²) in [6.45, 7) is 14.2. The molecular formula is C34H48N2O8S2Si. The van der Waals surface area contributed by atoms with Crippen molar-refractivity contribution in [2.75, 3.05) is 20.3 Å². The maximum absolute atomic E-state index is 15.0. The van der Waals surface area contributed by atoms with E-state index >= 15 is 0 Å². The number of ether oxygens (including phenoxy) is 2. The van der Waals surface area contributed by atoms with Crippen molar-refractivity contribution in [2.24, 2.45) is 11.3 Å². The fraction of sp³-hybridized carbons (Fsp3) is 0.559. The summed E-state index contributed by atoms with van der Waals surface area (Å²) in [7, 11) is -9.06. The molecule has 13 heteroatoms. The predicted molar refractivity (Wildman–Crippen MR) is 182 cm³/mol. The molecule has 47 heavy (non-hydrogen) atoms. The van der Waals surface area contributed by atoms with Crippen molar-refractivity contribution in [1.82, 2.24) is 8.61 Å². The van der Waals surface area contributed by atoms with Crippen LogP contribution in [0.15, 0.2) is 82.3 Å². The van der Waals surface area contributed by atoms with Crippen LogP contribution in [0.5, 0.6) is 0 Å². The Balaban J connectivity index is 1.64. The van der Waals surface area contributed by atoms with Crippen molar-refractivity contribution in [2.45, 2.75) is 99.7 Å². The predicted octanol–water partition coefficient (Wildman–Crippen LogP) is 5.75. The first-order valence-corrected chi connectivity index (χ1v) is 21.9. The number of amides is 1. The van der Waals surface area contributed by atoms with Crippen LogP contribution in [0.4, 0.5) is 0 Å². The van der Waals surface area contributed by atoms with Gasteiger partial charge in [-0.15, -0.1) is 0 Å². The summed E-state index contributed by atoms with van der Waals surface area (Å²) < 4.78 is 77.7. The molecule has 0 spiro atoms. The van der Waals surface area contributed by atoms with Crippen LogP contribution >= 0.6 is 0 Å². The van der Waals surface area contributed by atoms with Gasteiger partial charge < -0.3 is 13.9 Å². The minimum Gasteiger partial charge on any atom is -0.547 e. The van der Waals surface area contributed by atoms with E-state index in [9.17, 15) is 21.6 Å². The molecule has 3 aliphatic rings. The average molecular weight is 705 g/mol. The van der Waals surface area contributed by atoms with E-state index in [4.69, 9.17) is 13.9 Å². The summed E-state index contributed by atoms with van der Waals surface area (Å²) in [5.41, 5.74) is -2.64. The topological polar surface area (TPSA) is 120 Å². The third-order valence-corrected chi connectivity index (χ3v) is 18.8. The standard InChI is InChI=1S/C34H48N2O8S2Si/c1-32(2,3)47(7,8)44-27-21-25-19-20-35(45(38,39)28-15-11-9-12-16-28)31(37)34(25,30(22-27)42-6)23-26-24-43-33(4,5)36(26)46(40,41)29-17-13-10-14-18-29/h9-18,22,25-26,30H,19-21,23-24H2,1-8H3/t25?,26-,30?,34?/m1/s1. The van der Waals surface area contributed by atoms with E-state index in [1.54, 1.807) is 50.2 Å². The second kappa shape index (κ2) is 12.4. The maximum atomic E-state index is 15.0. The van der Waals surface area contributed by atoms with E-state index < -0.39 is 57.6 Å². The lowest BCUT2D eigenvalue weighted by molar-refractivity contribution is -0.159. The molecule has 10 nitrogen and oxygen atoms in total. The molecule has 2 saturated heterocycles. The Labute approximate surface area is 281 Å². The number of methoxy groups -OCH3 is 1. The zero-order valence-electron chi connectivity index (χ0n) is 28.6. The van der Waals surface area contributed by atoms with Gasteiger partial charge in [-0.1, -0.05) is 57.2 Å². The minimum absolute atomic E-state index is 0.00478. The number of piperidine rings is 1. The highest BCUT2D eigenvalue weighted by atomic mass is 32.2. The number of benzene rings is 2. The molecule has 3 unspecified atom stereocenters. The number of hydrogen-bond donors (Lipinski definition) is 0. The summed E-state index contributed by atoms with van der Waals surface area (Å²) in [6, 6.07) is 15.3. The number of nitrogens with zero attached hydrogens (tertiary/aromatic N) is 2. The summed E-state index contributed by atoms with van der Waals surface area (Å²) in [5.74, 6) is -0.251. The Morgan fingerprint density at radius 3 is 2.02 bits per heavy atom. The van der Waals surface area contributed by atoms with Gasteiger partial charge in [-0.3, -0.25) is 4.79 Å². The van der Waals surface area contributed by atoms with Crippen molar-refractivity contribution < 1.29 is 35.5 Å². The SMILES string of the molecule is COC1C=C(O[Si](C)(C)C(C)(C)C)CC2CCN(S(=O)(=O)c3ccccc3)C(=O)C21C[C@@H]1COC(C)(C)N1S(=O)(=O)c1ccccc1. The summed E-state index contributed by atoms with van der Waals surface area (Å²) in [6.07, 6.45) is 1.70. The van der Waals surface area contributed by atoms with Crippen LogP contribution in [-0.2, 0) is 38.7 Å². The van der Waals surface area contributed by atoms with Gasteiger partial charge in [0.1, 0.15) is 5.72 Å². The van der Waals surface area contributed by atoms with Crippen molar-refractivity contribution in [3.63, 3.8) is 0 Å². The van der Waals surface area contributed by atoms with Gasteiger partial charge in [-0.05, 0) is 81.1 Å². The molecule has 5 rings (SSSR count). The zero-order chi connectivity index (χ0) is 34.6. The van der Waals surface area contributed by atoms with E-state index in [0.717, 1.165) is 10.1 Å². The number of carbonyl (C=O) groups excluding carboxylic acids is 1. The number of rotatable bonds is 9. The quantitative estimate of drug-likeness (QED) is 0.303. The summed E-state index contributed by atoms with van der Waals surface area (Å²) in [4.78, 5) is 15.1. The van der Waals surface area contributed by atoms with Crippen LogP contribution < -0.4 is 0 Å². The van der Waals surface area contributed by atoms with Crippen LogP contribution in [0, 0.1) is 11.3 Å². The molecule has 0 aromatic heterocycles. The molecule has 0 N–H and O–H groups in total. The molecule has 1 aliphatic carbocycles. The molecule has 2 heterocycles. The maximum Gasteiger partial charge on any atom is 0.266 e. The van der Waals surface area contributed by atoms with Crippen LogP contribution in [0.2, 0.25) is 18.1 Å². The molecule has 2 aromatic carbocycles. The Morgan fingerprint density at radius 2 is 1.49 bits per heavy atom. The van der Waals surface area contributed by atoms with Gasteiger partial charge in [0.05, 0.1) is 39.7 Å². The second-order valence-corrected chi connectivity index (χ2v) is 23.2. The third kappa shape index (κ3) is 6.23. The molecule has 2 aromatic rings. The number of sulfonamides is 2. The number of fused-ring (bicyclic) bond motifs is 1. The lowest BCUT2D eigenvalue weighted by Gasteiger charge is -2.53. The summed E-state index contributed by atoms with van der Waals surface area (Å²) >= 11 is 0. The van der Waals surface area contributed by atoms with Crippen LogP contribution in [0.1, 0.15) is 53.9 Å². The average Bonchev–Trinajstić information content (AvgIpc) is 3.31. The molecule has 0 radical (unpaired) electrons. The Hall–Kier alpha value is -2.55. The molecule has 0 saturated carbocycles. The van der Waals surface area contributed by atoms with Gasteiger partial charge in [0.15, 0.2) is 0 Å². The van der Waals surface area contributed by atoms with Gasteiger partial charge in [0.2, 0.25) is 24.2 Å². The van der Waals surface area contributed by atoms with Crippen molar-refractivity contribution in [1.29, 1.82) is 0 Å². The van der Waals surface area contributed by atoms with Gasteiger partial charge in [-0.2, -0.15) is 4.31 Å². The highest BCUT2D eigenvalue weighted by Crippen LogP contribution is 2.54. The first kappa shape index (κ1) is 35.7. The highest BCUT2D eigenvalue weighted by Gasteiger charge is 2.63. The molecule has 1 amide bonds. The zero-order valence-corrected chi connectivity index (χ0v) is 31.2.